The summed E-state index contributed by atoms with van der Waals surface area (Å²) in [5, 5.41) is 0. The van der Waals surface area contributed by atoms with Crippen LogP contribution < -0.4 is 4.74 Å². The van der Waals surface area contributed by atoms with Crippen molar-refractivity contribution in [3.8, 4) is 5.88 Å². The number of hydrogen-bond acceptors (Lipinski definition) is 2. The molecule has 1 heterocycles. The molecule has 0 aliphatic carbocycles. The molecule has 0 saturated carbocycles. The molecule has 0 N–H and O–H groups in total. The van der Waals surface area contributed by atoms with Crippen LogP contribution in [0.1, 0.15) is 39.2 Å². The van der Waals surface area contributed by atoms with Crippen LogP contribution in [-0.2, 0) is 0 Å². The van der Waals surface area contributed by atoms with Crippen LogP contribution in [0, 0.1) is 5.41 Å². The van der Waals surface area contributed by atoms with Gasteiger partial charge in [0.2, 0.25) is 5.88 Å². The van der Waals surface area contributed by atoms with Gasteiger partial charge in [-0.15, -0.1) is 0 Å². The first-order valence-electron chi connectivity index (χ1n) is 4.95. The van der Waals surface area contributed by atoms with Gasteiger partial charge in [-0.2, -0.15) is 0 Å². The Hall–Kier alpha value is -1.05. The fourth-order valence-electron chi connectivity index (χ4n) is 1.31. The van der Waals surface area contributed by atoms with E-state index in [0.29, 0.717) is 11.8 Å². The lowest BCUT2D eigenvalue weighted by molar-refractivity contribution is 0.337. The number of nitrogens with zero attached hydrogens (tertiary/aromatic N) is 1. The molecule has 1 unspecified atom stereocenters. The lowest BCUT2D eigenvalue weighted by Crippen LogP contribution is -2.15. The minimum atomic E-state index is 0.270. The van der Waals surface area contributed by atoms with Gasteiger partial charge in [-0.1, -0.05) is 27.7 Å². The van der Waals surface area contributed by atoms with E-state index < -0.39 is 0 Å². The molecule has 1 rings (SSSR count). The summed E-state index contributed by atoms with van der Waals surface area (Å²) in [4.78, 5) is 4.10. The van der Waals surface area contributed by atoms with E-state index in [4.69, 9.17) is 4.74 Å². The number of aromatic nitrogens is 1. The molecule has 2 nitrogen and oxygen atoms in total. The van der Waals surface area contributed by atoms with Crippen LogP contribution in [0.25, 0.3) is 0 Å². The first kappa shape index (κ1) is 11.0. The van der Waals surface area contributed by atoms with E-state index in [0.717, 1.165) is 0 Å². The fourth-order valence-corrected chi connectivity index (χ4v) is 1.31. The maximum absolute atomic E-state index is 5.11. The van der Waals surface area contributed by atoms with Crippen molar-refractivity contribution < 1.29 is 4.74 Å². The molecule has 1 atom stereocenters. The van der Waals surface area contributed by atoms with Gasteiger partial charge in [-0.05, 0) is 23.0 Å². The Bertz CT molecular complexity index is 301. The zero-order chi connectivity index (χ0) is 10.8. The summed E-state index contributed by atoms with van der Waals surface area (Å²) in [5.41, 5.74) is 1.55. The number of hydrogen-bond donors (Lipinski definition) is 0. The average Bonchev–Trinajstić information content (AvgIpc) is 2.15. The van der Waals surface area contributed by atoms with Gasteiger partial charge < -0.3 is 4.74 Å². The summed E-state index contributed by atoms with van der Waals surface area (Å²) in [6.45, 7) is 8.95. The summed E-state index contributed by atoms with van der Waals surface area (Å²) < 4.78 is 5.11. The Balaban J connectivity index is 2.95. The number of ether oxygens (including phenoxy) is 1. The van der Waals surface area contributed by atoms with E-state index >= 15 is 0 Å². The third kappa shape index (κ3) is 2.47. The van der Waals surface area contributed by atoms with Gasteiger partial charge in [-0.25, -0.2) is 4.98 Å². The predicted molar refractivity (Wildman–Crippen MR) is 58.7 cm³/mol. The first-order valence-corrected chi connectivity index (χ1v) is 4.95. The Morgan fingerprint density at radius 3 is 2.50 bits per heavy atom. The molecular weight excluding hydrogens is 174 g/mol. The number of rotatable bonds is 2. The van der Waals surface area contributed by atoms with Crippen molar-refractivity contribution in [2.45, 2.75) is 33.6 Å². The van der Waals surface area contributed by atoms with Crippen molar-refractivity contribution in [3.05, 3.63) is 23.9 Å². The maximum atomic E-state index is 5.11. The molecule has 0 spiro atoms. The highest BCUT2D eigenvalue weighted by atomic mass is 16.5. The van der Waals surface area contributed by atoms with Crippen molar-refractivity contribution >= 4 is 0 Å². The molecule has 2 heteroatoms. The van der Waals surface area contributed by atoms with Gasteiger partial charge in [0.05, 0.1) is 7.11 Å². The molecule has 1 aromatic heterocycles. The van der Waals surface area contributed by atoms with Crippen molar-refractivity contribution in [1.82, 2.24) is 4.98 Å². The lowest BCUT2D eigenvalue weighted by atomic mass is 9.78. The van der Waals surface area contributed by atoms with Gasteiger partial charge in [0.15, 0.2) is 0 Å². The highest BCUT2D eigenvalue weighted by Crippen LogP contribution is 2.34. The Kier molecular flexibility index (Phi) is 3.14. The lowest BCUT2D eigenvalue weighted by Gasteiger charge is -2.27. The Labute approximate surface area is 86.3 Å². The van der Waals surface area contributed by atoms with E-state index in [9.17, 15) is 0 Å². The summed E-state index contributed by atoms with van der Waals surface area (Å²) >= 11 is 0. The van der Waals surface area contributed by atoms with Crippen LogP contribution in [0.4, 0.5) is 0 Å². The smallest absolute Gasteiger partial charge is 0.213 e. The Morgan fingerprint density at radius 1 is 1.36 bits per heavy atom. The van der Waals surface area contributed by atoms with Crippen molar-refractivity contribution in [1.29, 1.82) is 0 Å². The van der Waals surface area contributed by atoms with Gasteiger partial charge >= 0.3 is 0 Å². The molecule has 0 amide bonds. The van der Waals surface area contributed by atoms with E-state index in [1.165, 1.54) is 5.56 Å². The third-order valence-electron chi connectivity index (χ3n) is 2.77. The van der Waals surface area contributed by atoms with Crippen LogP contribution >= 0.6 is 0 Å². The molecule has 0 radical (unpaired) electrons. The molecule has 0 fully saturated rings. The maximum Gasteiger partial charge on any atom is 0.213 e. The normalized spacial score (nSPS) is 13.8. The molecule has 0 aromatic carbocycles. The summed E-state index contributed by atoms with van der Waals surface area (Å²) in [5.74, 6) is 1.19. The highest BCUT2D eigenvalue weighted by Gasteiger charge is 2.21. The molecule has 0 aliphatic heterocycles. The molecule has 78 valence electrons. The van der Waals surface area contributed by atoms with Crippen LogP contribution in [-0.4, -0.2) is 12.1 Å². The van der Waals surface area contributed by atoms with Crippen molar-refractivity contribution in [2.24, 2.45) is 5.41 Å². The zero-order valence-electron chi connectivity index (χ0n) is 9.66. The SMILES string of the molecule is COc1cc(C(C)C(C)(C)C)ccn1. The summed E-state index contributed by atoms with van der Waals surface area (Å²) in [6, 6.07) is 4.06. The highest BCUT2D eigenvalue weighted by molar-refractivity contribution is 5.24. The number of pyridine rings is 1. The van der Waals surface area contributed by atoms with Crippen LogP contribution in [0.15, 0.2) is 18.3 Å². The van der Waals surface area contributed by atoms with E-state index in [-0.39, 0.29) is 5.41 Å². The predicted octanol–water partition coefficient (Wildman–Crippen LogP) is 3.24. The summed E-state index contributed by atoms with van der Waals surface area (Å²) in [7, 11) is 1.65. The second-order valence-electron chi connectivity index (χ2n) is 4.72. The topological polar surface area (TPSA) is 22.1 Å². The largest absolute Gasteiger partial charge is 0.481 e. The van der Waals surface area contributed by atoms with Gasteiger partial charge in [0, 0.05) is 12.3 Å². The quantitative estimate of drug-likeness (QED) is 0.719. The first-order chi connectivity index (χ1) is 6.45. The molecule has 14 heavy (non-hydrogen) atoms. The molecule has 1 aromatic rings. The van der Waals surface area contributed by atoms with Gasteiger partial charge in [0.25, 0.3) is 0 Å². The molecular formula is C12H19NO. The Morgan fingerprint density at radius 2 is 2.00 bits per heavy atom. The molecule has 0 saturated heterocycles. The second-order valence-corrected chi connectivity index (χ2v) is 4.72. The number of methoxy groups -OCH3 is 1. The summed E-state index contributed by atoms with van der Waals surface area (Å²) in [6.07, 6.45) is 1.80. The fraction of sp³-hybridized carbons (Fsp3) is 0.583. The van der Waals surface area contributed by atoms with Crippen LogP contribution in [0.2, 0.25) is 0 Å². The standard InChI is InChI=1S/C12H19NO/c1-9(12(2,3)4)10-6-7-13-11(8-10)14-5/h6-9H,1-5H3. The van der Waals surface area contributed by atoms with Gasteiger partial charge in [0.1, 0.15) is 0 Å². The van der Waals surface area contributed by atoms with Crippen LogP contribution in [0.5, 0.6) is 5.88 Å². The zero-order valence-corrected chi connectivity index (χ0v) is 9.66. The third-order valence-corrected chi connectivity index (χ3v) is 2.77. The van der Waals surface area contributed by atoms with Crippen molar-refractivity contribution in [2.75, 3.05) is 7.11 Å². The minimum Gasteiger partial charge on any atom is -0.481 e. The molecule has 0 aliphatic rings. The van der Waals surface area contributed by atoms with Crippen LogP contribution in [0.3, 0.4) is 0 Å². The van der Waals surface area contributed by atoms with E-state index in [1.54, 1.807) is 13.3 Å². The van der Waals surface area contributed by atoms with Gasteiger partial charge in [-0.3, -0.25) is 0 Å². The monoisotopic (exact) mass is 193 g/mol. The average molecular weight is 193 g/mol. The minimum absolute atomic E-state index is 0.270. The molecule has 0 bridgehead atoms. The van der Waals surface area contributed by atoms with E-state index in [1.807, 2.05) is 6.07 Å². The van der Waals surface area contributed by atoms with E-state index in [2.05, 4.69) is 38.7 Å². The second kappa shape index (κ2) is 3.99. The van der Waals surface area contributed by atoms with Crippen molar-refractivity contribution in [3.63, 3.8) is 0 Å².